The minimum atomic E-state index is 1.26. The summed E-state index contributed by atoms with van der Waals surface area (Å²) >= 11 is 1.85. The van der Waals surface area contributed by atoms with E-state index in [1.807, 2.05) is 11.8 Å². The van der Waals surface area contributed by atoms with Crippen LogP contribution in [0.15, 0.2) is 131 Å². The molecule has 0 bridgehead atoms. The Kier molecular flexibility index (Phi) is 4.48. The zero-order valence-electron chi connectivity index (χ0n) is 17.0. The topological polar surface area (TPSA) is 0 Å². The third kappa shape index (κ3) is 3.10. The molecular weight excluding hydrogens is 392 g/mol. The van der Waals surface area contributed by atoms with E-state index in [1.165, 1.54) is 53.2 Å². The molecule has 0 radical (unpaired) electrons. The van der Waals surface area contributed by atoms with E-state index in [4.69, 9.17) is 0 Å². The summed E-state index contributed by atoms with van der Waals surface area (Å²) in [5.74, 6) is 0. The Morgan fingerprint density at radius 1 is 0.387 bits per heavy atom. The summed E-state index contributed by atoms with van der Waals surface area (Å²) in [6.45, 7) is 0. The van der Waals surface area contributed by atoms with Gasteiger partial charge in [-0.25, -0.2) is 0 Å². The molecule has 1 heteroatoms. The average molecular weight is 413 g/mol. The van der Waals surface area contributed by atoms with Crippen molar-refractivity contribution >= 4 is 44.1 Å². The third-order valence-corrected chi connectivity index (χ3v) is 7.06. The fourth-order valence-electron chi connectivity index (χ4n) is 4.54. The number of hydrogen-bond donors (Lipinski definition) is 0. The highest BCUT2D eigenvalue weighted by atomic mass is 32.2. The maximum Gasteiger partial charge on any atom is 0.0279 e. The van der Waals surface area contributed by atoms with Crippen LogP contribution < -0.4 is 0 Å². The van der Waals surface area contributed by atoms with E-state index in [0.29, 0.717) is 0 Å². The van der Waals surface area contributed by atoms with Crippen molar-refractivity contribution in [3.05, 3.63) is 121 Å². The SMILES string of the molecule is c1ccc(Sc2c3ccccc3c(-c3cccc4ccccc34)c3ccccc23)cc1. The van der Waals surface area contributed by atoms with Crippen LogP contribution in [0.5, 0.6) is 0 Å². The van der Waals surface area contributed by atoms with E-state index in [1.54, 1.807) is 0 Å². The van der Waals surface area contributed by atoms with Gasteiger partial charge in [0, 0.05) is 9.79 Å². The van der Waals surface area contributed by atoms with Gasteiger partial charge >= 0.3 is 0 Å². The van der Waals surface area contributed by atoms with Gasteiger partial charge in [-0.15, -0.1) is 0 Å². The molecule has 0 aromatic heterocycles. The molecule has 6 aromatic carbocycles. The van der Waals surface area contributed by atoms with Crippen molar-refractivity contribution in [2.45, 2.75) is 9.79 Å². The normalized spacial score (nSPS) is 11.4. The molecule has 6 aromatic rings. The highest BCUT2D eigenvalue weighted by molar-refractivity contribution is 7.99. The second kappa shape index (κ2) is 7.61. The molecule has 0 fully saturated rings. The Morgan fingerprint density at radius 3 is 1.58 bits per heavy atom. The van der Waals surface area contributed by atoms with Crippen molar-refractivity contribution in [2.24, 2.45) is 0 Å². The van der Waals surface area contributed by atoms with Crippen molar-refractivity contribution in [1.29, 1.82) is 0 Å². The van der Waals surface area contributed by atoms with Gasteiger partial charge in [0.1, 0.15) is 0 Å². The first-order valence-electron chi connectivity index (χ1n) is 10.5. The Bertz CT molecular complexity index is 1490. The molecule has 0 aliphatic carbocycles. The molecule has 0 saturated carbocycles. The van der Waals surface area contributed by atoms with Crippen LogP contribution in [-0.4, -0.2) is 0 Å². The maximum absolute atomic E-state index is 2.27. The lowest BCUT2D eigenvalue weighted by atomic mass is 9.89. The molecule has 31 heavy (non-hydrogen) atoms. The molecule has 0 spiro atoms. The zero-order valence-corrected chi connectivity index (χ0v) is 17.8. The minimum Gasteiger partial charge on any atom is -0.0888 e. The first-order chi connectivity index (χ1) is 15.4. The van der Waals surface area contributed by atoms with E-state index < -0.39 is 0 Å². The molecule has 0 saturated heterocycles. The predicted molar refractivity (Wildman–Crippen MR) is 135 cm³/mol. The molecule has 0 unspecified atom stereocenters. The van der Waals surface area contributed by atoms with Crippen molar-refractivity contribution in [3.63, 3.8) is 0 Å². The van der Waals surface area contributed by atoms with Gasteiger partial charge in [0.25, 0.3) is 0 Å². The lowest BCUT2D eigenvalue weighted by molar-refractivity contribution is 1.45. The molecular formula is C30H20S. The van der Waals surface area contributed by atoms with Crippen molar-refractivity contribution < 1.29 is 0 Å². The van der Waals surface area contributed by atoms with E-state index >= 15 is 0 Å². The molecule has 0 amide bonds. The van der Waals surface area contributed by atoms with Crippen LogP contribution in [0.25, 0.3) is 43.4 Å². The first kappa shape index (κ1) is 18.2. The Hall–Kier alpha value is -3.55. The maximum atomic E-state index is 2.27. The van der Waals surface area contributed by atoms with Crippen molar-refractivity contribution in [1.82, 2.24) is 0 Å². The molecule has 146 valence electrons. The summed E-state index contributed by atoms with van der Waals surface area (Å²) in [4.78, 5) is 2.58. The van der Waals surface area contributed by atoms with Gasteiger partial charge in [0.2, 0.25) is 0 Å². The van der Waals surface area contributed by atoms with E-state index in [0.717, 1.165) is 0 Å². The number of benzene rings is 6. The van der Waals surface area contributed by atoms with Gasteiger partial charge in [-0.05, 0) is 55.6 Å². The van der Waals surface area contributed by atoms with Crippen molar-refractivity contribution in [2.75, 3.05) is 0 Å². The second-order valence-corrected chi connectivity index (χ2v) is 8.82. The fraction of sp³-hybridized carbons (Fsp3) is 0. The first-order valence-corrected chi connectivity index (χ1v) is 11.4. The smallest absolute Gasteiger partial charge is 0.0279 e. The van der Waals surface area contributed by atoms with Gasteiger partial charge in [0.05, 0.1) is 0 Å². The van der Waals surface area contributed by atoms with Crippen LogP contribution in [0.1, 0.15) is 0 Å². The molecule has 0 N–H and O–H groups in total. The second-order valence-electron chi connectivity index (χ2n) is 7.74. The number of rotatable bonds is 3. The summed E-state index contributed by atoms with van der Waals surface area (Å²) in [5, 5.41) is 7.78. The van der Waals surface area contributed by atoms with Gasteiger partial charge in [-0.1, -0.05) is 121 Å². The zero-order chi connectivity index (χ0) is 20.6. The molecule has 0 atom stereocenters. The van der Waals surface area contributed by atoms with Crippen LogP contribution >= 0.6 is 11.8 Å². The van der Waals surface area contributed by atoms with Crippen LogP contribution in [0.3, 0.4) is 0 Å². The Morgan fingerprint density at radius 2 is 0.903 bits per heavy atom. The van der Waals surface area contributed by atoms with Gasteiger partial charge in [-0.3, -0.25) is 0 Å². The quantitative estimate of drug-likeness (QED) is 0.261. The molecule has 0 aliphatic heterocycles. The van der Waals surface area contributed by atoms with E-state index in [2.05, 4.69) is 121 Å². The average Bonchev–Trinajstić information content (AvgIpc) is 2.84. The van der Waals surface area contributed by atoms with E-state index in [9.17, 15) is 0 Å². The van der Waals surface area contributed by atoms with Crippen LogP contribution in [0.4, 0.5) is 0 Å². The predicted octanol–water partition coefficient (Wildman–Crippen LogP) is 8.96. The Labute approximate surface area is 186 Å². The fourth-order valence-corrected chi connectivity index (χ4v) is 5.64. The van der Waals surface area contributed by atoms with Crippen LogP contribution in [-0.2, 0) is 0 Å². The molecule has 0 aliphatic rings. The number of fused-ring (bicyclic) bond motifs is 3. The third-order valence-electron chi connectivity index (χ3n) is 5.90. The summed E-state index contributed by atoms with van der Waals surface area (Å²) in [6.07, 6.45) is 0. The lowest BCUT2D eigenvalue weighted by Gasteiger charge is -2.18. The van der Waals surface area contributed by atoms with Crippen molar-refractivity contribution in [3.8, 4) is 11.1 Å². The number of hydrogen-bond acceptors (Lipinski definition) is 1. The molecule has 0 heterocycles. The summed E-state index contributed by atoms with van der Waals surface area (Å²) in [6, 6.07) is 43.7. The molecule has 6 rings (SSSR count). The summed E-state index contributed by atoms with van der Waals surface area (Å²) in [7, 11) is 0. The lowest BCUT2D eigenvalue weighted by Crippen LogP contribution is -1.90. The highest BCUT2D eigenvalue weighted by Gasteiger charge is 2.17. The minimum absolute atomic E-state index is 1.26. The highest BCUT2D eigenvalue weighted by Crippen LogP contribution is 2.46. The molecule has 0 nitrogen and oxygen atoms in total. The largest absolute Gasteiger partial charge is 0.0888 e. The van der Waals surface area contributed by atoms with E-state index in [-0.39, 0.29) is 0 Å². The summed E-state index contributed by atoms with van der Waals surface area (Å²) < 4.78 is 0. The van der Waals surface area contributed by atoms with Crippen LogP contribution in [0.2, 0.25) is 0 Å². The van der Waals surface area contributed by atoms with Gasteiger partial charge < -0.3 is 0 Å². The van der Waals surface area contributed by atoms with Crippen LogP contribution in [0, 0.1) is 0 Å². The van der Waals surface area contributed by atoms with Gasteiger partial charge in [-0.2, -0.15) is 0 Å². The monoisotopic (exact) mass is 412 g/mol. The Balaban J connectivity index is 1.75. The standard InChI is InChI=1S/C30H20S/c1-2-13-22(14-3-1)31-30-27-18-8-6-16-25(27)29(26-17-7-9-19-28(26)30)24-20-10-12-21-11-4-5-15-23(21)24/h1-20H. The van der Waals surface area contributed by atoms with Gasteiger partial charge in [0.15, 0.2) is 0 Å². The summed E-state index contributed by atoms with van der Waals surface area (Å²) in [5.41, 5.74) is 2.61.